The second-order valence-corrected chi connectivity index (χ2v) is 8.80. The van der Waals surface area contributed by atoms with Crippen LogP contribution in [0.4, 0.5) is 0 Å². The number of nitrogens with one attached hydrogen (secondary N) is 1. The van der Waals surface area contributed by atoms with Gasteiger partial charge in [0, 0.05) is 22.8 Å². The van der Waals surface area contributed by atoms with Crippen LogP contribution in [0.3, 0.4) is 0 Å². The highest BCUT2D eigenvalue weighted by Crippen LogP contribution is 2.60. The molecule has 21 heavy (non-hydrogen) atoms. The number of amides is 1. The third-order valence-electron chi connectivity index (χ3n) is 4.66. The third-order valence-corrected chi connectivity index (χ3v) is 6.01. The summed E-state index contributed by atoms with van der Waals surface area (Å²) < 4.78 is 22.6. The average molecular weight is 328 g/mol. The van der Waals surface area contributed by atoms with E-state index in [1.165, 1.54) is 43.9 Å². The molecule has 0 aliphatic heterocycles. The normalized spacial score (nSPS) is 20.1. The topological polar surface area (TPSA) is 63.2 Å². The minimum atomic E-state index is -3.76. The number of halogens is 1. The molecule has 2 fully saturated rings. The molecule has 0 aromatic heterocycles. The smallest absolute Gasteiger partial charge is 0.261 e. The second kappa shape index (κ2) is 4.99. The molecule has 1 aromatic rings. The molecule has 0 atom stereocenters. The number of carbonyl (C=O) groups excluding carboxylic acids is 1. The highest BCUT2D eigenvalue weighted by molar-refractivity contribution is 8.13. The zero-order valence-electron chi connectivity index (χ0n) is 11.9. The first kappa shape index (κ1) is 14.9. The number of rotatable bonds is 5. The number of hydrogen-bond donors (Lipinski definition) is 1. The van der Waals surface area contributed by atoms with Gasteiger partial charge in [-0.2, -0.15) is 0 Å². The molecule has 0 spiro atoms. The predicted molar refractivity (Wildman–Crippen MR) is 80.9 cm³/mol. The molecule has 114 valence electrons. The van der Waals surface area contributed by atoms with Gasteiger partial charge in [0.2, 0.25) is 0 Å². The Hall–Kier alpha value is -1.07. The van der Waals surface area contributed by atoms with Gasteiger partial charge in [-0.25, -0.2) is 8.42 Å². The molecule has 1 N–H and O–H groups in total. The Bertz CT molecular complexity index is 691. The maximum Gasteiger partial charge on any atom is 0.261 e. The molecule has 0 heterocycles. The Balaban J connectivity index is 1.70. The van der Waals surface area contributed by atoms with Crippen LogP contribution in [0.15, 0.2) is 23.1 Å². The van der Waals surface area contributed by atoms with Crippen LogP contribution in [0.1, 0.15) is 41.6 Å². The van der Waals surface area contributed by atoms with Gasteiger partial charge in [0.05, 0.1) is 4.90 Å². The van der Waals surface area contributed by atoms with Crippen LogP contribution in [0.25, 0.3) is 0 Å². The van der Waals surface area contributed by atoms with Gasteiger partial charge in [-0.3, -0.25) is 4.79 Å². The van der Waals surface area contributed by atoms with Crippen molar-refractivity contribution in [3.63, 3.8) is 0 Å². The zero-order valence-corrected chi connectivity index (χ0v) is 13.4. The van der Waals surface area contributed by atoms with Crippen LogP contribution in [-0.2, 0) is 9.05 Å². The molecular formula is C15H18ClNO3S. The second-order valence-electron chi connectivity index (χ2n) is 6.23. The summed E-state index contributed by atoms with van der Waals surface area (Å²) in [6, 6.07) is 4.33. The summed E-state index contributed by atoms with van der Waals surface area (Å²) in [5, 5.41) is 3.00. The van der Waals surface area contributed by atoms with Gasteiger partial charge in [0.25, 0.3) is 15.0 Å². The molecule has 0 saturated heterocycles. The van der Waals surface area contributed by atoms with Gasteiger partial charge >= 0.3 is 0 Å². The van der Waals surface area contributed by atoms with Crippen molar-refractivity contribution in [3.05, 3.63) is 29.3 Å². The summed E-state index contributed by atoms with van der Waals surface area (Å²) in [4.78, 5) is 12.3. The molecule has 1 aromatic carbocycles. The molecule has 6 heteroatoms. The van der Waals surface area contributed by atoms with Crippen molar-refractivity contribution in [2.75, 3.05) is 6.54 Å². The highest BCUT2D eigenvalue weighted by atomic mass is 35.7. The lowest BCUT2D eigenvalue weighted by atomic mass is 10.0. The molecule has 3 rings (SSSR count). The summed E-state index contributed by atoms with van der Waals surface area (Å²) in [6.45, 7) is 2.44. The number of benzene rings is 1. The monoisotopic (exact) mass is 327 g/mol. The Morgan fingerprint density at radius 3 is 2.52 bits per heavy atom. The van der Waals surface area contributed by atoms with Crippen LogP contribution in [-0.4, -0.2) is 20.9 Å². The van der Waals surface area contributed by atoms with E-state index in [-0.39, 0.29) is 10.8 Å². The lowest BCUT2D eigenvalue weighted by molar-refractivity contribution is 0.0942. The zero-order chi connectivity index (χ0) is 15.3. The molecule has 2 aliphatic rings. The summed E-state index contributed by atoms with van der Waals surface area (Å²) in [6.07, 6.45) is 5.00. The first-order chi connectivity index (χ1) is 9.82. The van der Waals surface area contributed by atoms with E-state index < -0.39 is 9.05 Å². The van der Waals surface area contributed by atoms with E-state index >= 15 is 0 Å². The number of carbonyl (C=O) groups is 1. The fourth-order valence-electron chi connectivity index (χ4n) is 2.98. The molecule has 0 unspecified atom stereocenters. The Labute approximate surface area is 129 Å². The van der Waals surface area contributed by atoms with Crippen LogP contribution >= 0.6 is 10.7 Å². The summed E-state index contributed by atoms with van der Waals surface area (Å²) in [5.74, 6) is 0.653. The van der Waals surface area contributed by atoms with Crippen molar-refractivity contribution in [1.29, 1.82) is 0 Å². The fourth-order valence-corrected chi connectivity index (χ4v) is 3.82. The Kier molecular flexibility index (Phi) is 3.53. The minimum Gasteiger partial charge on any atom is -0.351 e. The molecule has 0 radical (unpaired) electrons. The van der Waals surface area contributed by atoms with E-state index in [0.29, 0.717) is 16.5 Å². The van der Waals surface area contributed by atoms with E-state index in [1.807, 2.05) is 0 Å². The van der Waals surface area contributed by atoms with Gasteiger partial charge < -0.3 is 5.32 Å². The quantitative estimate of drug-likeness (QED) is 0.846. The minimum absolute atomic E-state index is 0.0230. The highest BCUT2D eigenvalue weighted by Gasteiger charge is 2.53. The first-order valence-electron chi connectivity index (χ1n) is 7.15. The van der Waals surface area contributed by atoms with Crippen LogP contribution in [0.5, 0.6) is 0 Å². The number of aryl methyl sites for hydroxylation is 1. The molecular weight excluding hydrogens is 310 g/mol. The van der Waals surface area contributed by atoms with Gasteiger partial charge in [0.1, 0.15) is 0 Å². The summed E-state index contributed by atoms with van der Waals surface area (Å²) in [7, 11) is 1.55. The van der Waals surface area contributed by atoms with Crippen molar-refractivity contribution in [1.82, 2.24) is 5.32 Å². The van der Waals surface area contributed by atoms with Crippen molar-refractivity contribution in [3.8, 4) is 0 Å². The van der Waals surface area contributed by atoms with Crippen molar-refractivity contribution in [2.45, 2.75) is 37.5 Å². The van der Waals surface area contributed by atoms with Crippen LogP contribution in [0.2, 0.25) is 0 Å². The van der Waals surface area contributed by atoms with Crippen LogP contribution in [0, 0.1) is 18.3 Å². The third kappa shape index (κ3) is 3.09. The lowest BCUT2D eigenvalue weighted by Crippen LogP contribution is -2.31. The molecule has 0 bridgehead atoms. The SMILES string of the molecule is Cc1cc(S(=O)(=O)Cl)ccc1C(=O)NCC1(C2CC2)CC1. The molecule has 2 saturated carbocycles. The number of hydrogen-bond acceptors (Lipinski definition) is 3. The molecule has 4 nitrogen and oxygen atoms in total. The maximum absolute atomic E-state index is 12.3. The Morgan fingerprint density at radius 2 is 2.05 bits per heavy atom. The average Bonchev–Trinajstić information content (AvgIpc) is 3.25. The fraction of sp³-hybridized carbons (Fsp3) is 0.533. The van der Waals surface area contributed by atoms with Crippen molar-refractivity contribution < 1.29 is 13.2 Å². The van der Waals surface area contributed by atoms with Gasteiger partial charge in [-0.1, -0.05) is 0 Å². The molecule has 2 aliphatic carbocycles. The van der Waals surface area contributed by atoms with E-state index in [2.05, 4.69) is 5.32 Å². The lowest BCUT2D eigenvalue weighted by Gasteiger charge is -2.15. The molecule has 1 amide bonds. The van der Waals surface area contributed by atoms with E-state index in [4.69, 9.17) is 10.7 Å². The summed E-state index contributed by atoms with van der Waals surface area (Å²) in [5.41, 5.74) is 1.47. The van der Waals surface area contributed by atoms with Gasteiger partial charge in [-0.15, -0.1) is 0 Å². The van der Waals surface area contributed by atoms with E-state index in [1.54, 1.807) is 6.92 Å². The van der Waals surface area contributed by atoms with E-state index in [0.717, 1.165) is 12.5 Å². The van der Waals surface area contributed by atoms with Crippen molar-refractivity contribution >= 4 is 25.6 Å². The standard InChI is InChI=1S/C15H18ClNO3S/c1-10-8-12(21(16,19)20)4-5-13(10)14(18)17-9-15(6-7-15)11-2-3-11/h4-5,8,11H,2-3,6-7,9H2,1H3,(H,17,18). The first-order valence-corrected chi connectivity index (χ1v) is 9.46. The summed E-state index contributed by atoms with van der Waals surface area (Å²) >= 11 is 0. The van der Waals surface area contributed by atoms with Crippen molar-refractivity contribution in [2.24, 2.45) is 11.3 Å². The largest absolute Gasteiger partial charge is 0.351 e. The van der Waals surface area contributed by atoms with Crippen LogP contribution < -0.4 is 5.32 Å². The predicted octanol–water partition coefficient (Wildman–Crippen LogP) is 2.84. The van der Waals surface area contributed by atoms with Gasteiger partial charge in [0.15, 0.2) is 0 Å². The van der Waals surface area contributed by atoms with E-state index in [9.17, 15) is 13.2 Å². The van der Waals surface area contributed by atoms with Gasteiger partial charge in [-0.05, 0) is 67.7 Å². The maximum atomic E-state index is 12.3. The Morgan fingerprint density at radius 1 is 1.38 bits per heavy atom.